The minimum absolute atomic E-state index is 0.117. The molecular weight excluding hydrogens is 132 g/mol. The minimum Gasteiger partial charge on any atom is -0.364 e. The van der Waals surface area contributed by atoms with E-state index in [1.54, 1.807) is 7.11 Å². The first-order valence-electron chi connectivity index (χ1n) is 3.65. The number of methoxy groups -OCH3 is 1. The van der Waals surface area contributed by atoms with Crippen LogP contribution in [0.15, 0.2) is 0 Å². The molecule has 2 heterocycles. The maximum Gasteiger partial charge on any atom is 0.186 e. The molecule has 10 heavy (non-hydrogen) atoms. The molecule has 0 saturated carbocycles. The molecule has 4 atom stereocenters. The van der Waals surface area contributed by atoms with Crippen molar-refractivity contribution in [3.63, 3.8) is 0 Å². The Balaban J connectivity index is 1.96. The largest absolute Gasteiger partial charge is 0.364 e. The van der Waals surface area contributed by atoms with E-state index in [9.17, 15) is 0 Å². The van der Waals surface area contributed by atoms with Crippen LogP contribution in [0.25, 0.3) is 0 Å². The first-order valence-corrected chi connectivity index (χ1v) is 3.65. The number of rotatable bonds is 1. The Labute approximate surface area is 60.3 Å². The van der Waals surface area contributed by atoms with Crippen LogP contribution in [-0.4, -0.2) is 31.7 Å². The third-order valence-corrected chi connectivity index (χ3v) is 2.05. The number of epoxide rings is 1. The van der Waals surface area contributed by atoms with Gasteiger partial charge in [0.15, 0.2) is 6.29 Å². The van der Waals surface area contributed by atoms with Crippen LogP contribution in [0.1, 0.15) is 13.3 Å². The van der Waals surface area contributed by atoms with Crippen LogP contribution >= 0.6 is 0 Å². The van der Waals surface area contributed by atoms with Crippen molar-refractivity contribution in [2.45, 2.75) is 37.9 Å². The van der Waals surface area contributed by atoms with E-state index in [0.717, 1.165) is 6.42 Å². The summed E-state index contributed by atoms with van der Waals surface area (Å²) < 4.78 is 15.8. The SMILES string of the molecule is CO[C@@H]1O[C@H](C)C[C@@H]2O[C@H]12. The van der Waals surface area contributed by atoms with Crippen molar-refractivity contribution < 1.29 is 14.2 Å². The summed E-state index contributed by atoms with van der Waals surface area (Å²) in [5, 5.41) is 0. The molecule has 0 aromatic rings. The van der Waals surface area contributed by atoms with Crippen LogP contribution in [0.2, 0.25) is 0 Å². The highest BCUT2D eigenvalue weighted by atomic mass is 16.7. The van der Waals surface area contributed by atoms with E-state index in [-0.39, 0.29) is 18.5 Å². The van der Waals surface area contributed by atoms with Gasteiger partial charge in [-0.2, -0.15) is 0 Å². The van der Waals surface area contributed by atoms with E-state index in [0.29, 0.717) is 6.10 Å². The van der Waals surface area contributed by atoms with E-state index in [1.807, 2.05) is 6.92 Å². The molecular formula is C7H12O3. The predicted molar refractivity (Wildman–Crippen MR) is 34.6 cm³/mol. The van der Waals surface area contributed by atoms with Crippen LogP contribution in [-0.2, 0) is 14.2 Å². The molecule has 0 amide bonds. The molecule has 3 nitrogen and oxygen atoms in total. The Morgan fingerprint density at radius 1 is 1.40 bits per heavy atom. The maximum absolute atomic E-state index is 5.44. The van der Waals surface area contributed by atoms with E-state index in [2.05, 4.69) is 0 Å². The average Bonchev–Trinajstić information content (AvgIpc) is 2.64. The fourth-order valence-electron chi connectivity index (χ4n) is 1.46. The number of ether oxygens (including phenoxy) is 3. The third kappa shape index (κ3) is 0.944. The summed E-state index contributed by atoms with van der Waals surface area (Å²) in [5.41, 5.74) is 0. The number of hydrogen-bond acceptors (Lipinski definition) is 3. The zero-order valence-electron chi connectivity index (χ0n) is 6.24. The van der Waals surface area contributed by atoms with Gasteiger partial charge < -0.3 is 14.2 Å². The molecule has 0 N–H and O–H groups in total. The van der Waals surface area contributed by atoms with Gasteiger partial charge in [0.25, 0.3) is 0 Å². The van der Waals surface area contributed by atoms with Gasteiger partial charge in [-0.15, -0.1) is 0 Å². The van der Waals surface area contributed by atoms with Gasteiger partial charge in [-0.1, -0.05) is 0 Å². The molecule has 0 aromatic heterocycles. The highest BCUT2D eigenvalue weighted by Gasteiger charge is 2.50. The van der Waals surface area contributed by atoms with E-state index < -0.39 is 0 Å². The smallest absolute Gasteiger partial charge is 0.186 e. The second-order valence-electron chi connectivity index (χ2n) is 2.93. The lowest BCUT2D eigenvalue weighted by Gasteiger charge is -2.22. The topological polar surface area (TPSA) is 31.0 Å². The van der Waals surface area contributed by atoms with Crippen molar-refractivity contribution in [3.05, 3.63) is 0 Å². The molecule has 2 aliphatic heterocycles. The third-order valence-electron chi connectivity index (χ3n) is 2.05. The lowest BCUT2D eigenvalue weighted by atomic mass is 10.1. The molecule has 0 spiro atoms. The van der Waals surface area contributed by atoms with Crippen LogP contribution in [0.3, 0.4) is 0 Å². The summed E-state index contributed by atoms with van der Waals surface area (Å²) in [6.45, 7) is 2.05. The standard InChI is InChI=1S/C7H12O3/c1-4-3-5-6(10-5)7(8-2)9-4/h4-7H,3H2,1-2H3/t4-,5+,6+,7-/m1/s1. The second-order valence-corrected chi connectivity index (χ2v) is 2.93. The molecule has 2 fully saturated rings. The van der Waals surface area contributed by atoms with Gasteiger partial charge in [0.1, 0.15) is 6.10 Å². The monoisotopic (exact) mass is 144 g/mol. The first-order chi connectivity index (χ1) is 4.81. The molecule has 58 valence electrons. The Bertz CT molecular complexity index is 137. The van der Waals surface area contributed by atoms with Crippen molar-refractivity contribution in [1.82, 2.24) is 0 Å². The zero-order valence-corrected chi connectivity index (χ0v) is 6.24. The van der Waals surface area contributed by atoms with Crippen LogP contribution in [0.5, 0.6) is 0 Å². The molecule has 0 unspecified atom stereocenters. The Morgan fingerprint density at radius 2 is 2.20 bits per heavy atom. The molecule has 2 rings (SSSR count). The summed E-state index contributed by atoms with van der Waals surface area (Å²) in [7, 11) is 1.65. The summed E-state index contributed by atoms with van der Waals surface area (Å²) in [4.78, 5) is 0. The number of hydrogen-bond donors (Lipinski definition) is 0. The molecule has 2 saturated heterocycles. The Morgan fingerprint density at radius 3 is 2.90 bits per heavy atom. The zero-order chi connectivity index (χ0) is 7.14. The number of fused-ring (bicyclic) bond motifs is 1. The quantitative estimate of drug-likeness (QED) is 0.503. The van der Waals surface area contributed by atoms with E-state index in [4.69, 9.17) is 14.2 Å². The Hall–Kier alpha value is -0.120. The van der Waals surface area contributed by atoms with Gasteiger partial charge >= 0.3 is 0 Å². The van der Waals surface area contributed by atoms with Gasteiger partial charge in [0.2, 0.25) is 0 Å². The molecule has 3 heteroatoms. The molecule has 0 aromatic carbocycles. The van der Waals surface area contributed by atoms with Gasteiger partial charge in [-0.25, -0.2) is 0 Å². The fourth-order valence-corrected chi connectivity index (χ4v) is 1.46. The van der Waals surface area contributed by atoms with Gasteiger partial charge in [0.05, 0.1) is 12.2 Å². The summed E-state index contributed by atoms with van der Waals surface area (Å²) in [6, 6.07) is 0. The summed E-state index contributed by atoms with van der Waals surface area (Å²) in [6.07, 6.45) is 1.82. The summed E-state index contributed by atoms with van der Waals surface area (Å²) in [5.74, 6) is 0. The van der Waals surface area contributed by atoms with Gasteiger partial charge in [-0.3, -0.25) is 0 Å². The lowest BCUT2D eigenvalue weighted by Crippen LogP contribution is -2.33. The fraction of sp³-hybridized carbons (Fsp3) is 1.00. The van der Waals surface area contributed by atoms with E-state index >= 15 is 0 Å². The normalized spacial score (nSPS) is 52.2. The van der Waals surface area contributed by atoms with Crippen molar-refractivity contribution >= 4 is 0 Å². The van der Waals surface area contributed by atoms with Gasteiger partial charge in [-0.05, 0) is 6.92 Å². The molecule has 0 radical (unpaired) electrons. The Kier molecular flexibility index (Phi) is 1.44. The van der Waals surface area contributed by atoms with Crippen LogP contribution < -0.4 is 0 Å². The molecule has 0 bridgehead atoms. The summed E-state index contributed by atoms with van der Waals surface area (Å²) >= 11 is 0. The van der Waals surface area contributed by atoms with E-state index in [1.165, 1.54) is 0 Å². The highest BCUT2D eigenvalue weighted by Crippen LogP contribution is 2.36. The van der Waals surface area contributed by atoms with Crippen molar-refractivity contribution in [2.75, 3.05) is 7.11 Å². The van der Waals surface area contributed by atoms with Crippen molar-refractivity contribution in [2.24, 2.45) is 0 Å². The minimum atomic E-state index is -0.117. The van der Waals surface area contributed by atoms with Gasteiger partial charge in [0, 0.05) is 13.5 Å². The van der Waals surface area contributed by atoms with Crippen molar-refractivity contribution in [1.29, 1.82) is 0 Å². The second kappa shape index (κ2) is 2.19. The molecule has 0 aliphatic carbocycles. The van der Waals surface area contributed by atoms with Crippen LogP contribution in [0, 0.1) is 0 Å². The lowest BCUT2D eigenvalue weighted by molar-refractivity contribution is -0.168. The predicted octanol–water partition coefficient (Wildman–Crippen LogP) is 0.535. The van der Waals surface area contributed by atoms with Crippen molar-refractivity contribution in [3.8, 4) is 0 Å². The first kappa shape index (κ1) is 6.58. The molecule has 2 aliphatic rings. The van der Waals surface area contributed by atoms with Crippen LogP contribution in [0.4, 0.5) is 0 Å². The average molecular weight is 144 g/mol. The highest BCUT2D eigenvalue weighted by molar-refractivity contribution is 4.92. The maximum atomic E-state index is 5.44.